The van der Waals surface area contributed by atoms with E-state index in [9.17, 15) is 13.2 Å². The Labute approximate surface area is 117 Å². The Hall–Kier alpha value is -1.73. The van der Waals surface area contributed by atoms with Crippen LogP contribution in [0.3, 0.4) is 0 Å². The topological polar surface area (TPSA) is 80.5 Å². The Balaban J connectivity index is 2.13. The predicted octanol–water partition coefficient (Wildman–Crippen LogP) is 0.217. The van der Waals surface area contributed by atoms with E-state index in [1.807, 2.05) is 6.07 Å². The van der Waals surface area contributed by atoms with Gasteiger partial charge in [0.25, 0.3) is 5.56 Å². The molecule has 1 unspecified atom stereocenters. The molecule has 0 amide bonds. The zero-order valence-corrected chi connectivity index (χ0v) is 12.2. The third kappa shape index (κ3) is 3.88. The summed E-state index contributed by atoms with van der Waals surface area (Å²) in [6, 6.07) is 6.59. The maximum atomic E-state index is 11.9. The molecule has 0 spiro atoms. The van der Waals surface area contributed by atoms with Gasteiger partial charge < -0.3 is 5.32 Å². The second kappa shape index (κ2) is 5.72. The molecule has 0 aliphatic heterocycles. The van der Waals surface area contributed by atoms with E-state index in [2.05, 4.69) is 10.3 Å². The average molecular weight is 295 g/mol. The fraction of sp³-hybridized carbons (Fsp3) is 0.385. The SMILES string of the molecule is CC(CS(C)(=O)=O)NCc1cc(=O)n2ccccc2n1. The van der Waals surface area contributed by atoms with Gasteiger partial charge in [-0.3, -0.25) is 9.20 Å². The number of sulfone groups is 1. The van der Waals surface area contributed by atoms with Gasteiger partial charge in [0.15, 0.2) is 0 Å². The number of pyridine rings is 1. The zero-order chi connectivity index (χ0) is 14.8. The lowest BCUT2D eigenvalue weighted by Crippen LogP contribution is -2.33. The molecule has 1 N–H and O–H groups in total. The summed E-state index contributed by atoms with van der Waals surface area (Å²) in [6.45, 7) is 2.15. The minimum Gasteiger partial charge on any atom is -0.308 e. The molecule has 0 saturated carbocycles. The van der Waals surface area contributed by atoms with Gasteiger partial charge in [0.1, 0.15) is 15.5 Å². The molecule has 0 saturated heterocycles. The number of hydrogen-bond acceptors (Lipinski definition) is 5. The highest BCUT2D eigenvalue weighted by Gasteiger charge is 2.10. The number of nitrogens with zero attached hydrogens (tertiary/aromatic N) is 2. The van der Waals surface area contributed by atoms with Crippen LogP contribution in [0.15, 0.2) is 35.3 Å². The van der Waals surface area contributed by atoms with Crippen molar-refractivity contribution in [1.82, 2.24) is 14.7 Å². The van der Waals surface area contributed by atoms with E-state index in [0.29, 0.717) is 17.9 Å². The van der Waals surface area contributed by atoms with Crippen LogP contribution in [0.1, 0.15) is 12.6 Å². The van der Waals surface area contributed by atoms with Crippen LogP contribution in [-0.4, -0.2) is 35.9 Å². The molecule has 0 bridgehead atoms. The molecular weight excluding hydrogens is 278 g/mol. The largest absolute Gasteiger partial charge is 0.308 e. The Kier molecular flexibility index (Phi) is 4.20. The molecular formula is C13H17N3O3S. The highest BCUT2D eigenvalue weighted by molar-refractivity contribution is 7.90. The molecule has 7 heteroatoms. The van der Waals surface area contributed by atoms with Crippen molar-refractivity contribution in [3.8, 4) is 0 Å². The van der Waals surface area contributed by atoms with Gasteiger partial charge >= 0.3 is 0 Å². The predicted molar refractivity (Wildman–Crippen MR) is 77.5 cm³/mol. The summed E-state index contributed by atoms with van der Waals surface area (Å²) in [5, 5.41) is 3.06. The molecule has 2 aromatic heterocycles. The minimum absolute atomic E-state index is 0.0551. The average Bonchev–Trinajstić information content (AvgIpc) is 2.34. The Bertz CT molecular complexity index is 768. The molecule has 20 heavy (non-hydrogen) atoms. The standard InChI is InChI=1S/C13H17N3O3S/c1-10(9-20(2,18)19)14-8-11-7-13(17)16-6-4-3-5-12(16)15-11/h3-7,10,14H,8-9H2,1-2H3. The molecule has 2 aromatic rings. The third-order valence-electron chi connectivity index (χ3n) is 2.81. The molecule has 0 radical (unpaired) electrons. The van der Waals surface area contributed by atoms with E-state index in [1.54, 1.807) is 25.3 Å². The maximum absolute atomic E-state index is 11.9. The summed E-state index contributed by atoms with van der Waals surface area (Å²) in [7, 11) is -3.02. The van der Waals surface area contributed by atoms with Gasteiger partial charge in [0.05, 0.1) is 11.4 Å². The lowest BCUT2D eigenvalue weighted by molar-refractivity contribution is 0.556. The van der Waals surface area contributed by atoms with Crippen molar-refractivity contribution in [3.63, 3.8) is 0 Å². The van der Waals surface area contributed by atoms with Gasteiger partial charge in [-0.15, -0.1) is 0 Å². The molecule has 2 heterocycles. The highest BCUT2D eigenvalue weighted by Crippen LogP contribution is 1.99. The molecule has 0 aliphatic carbocycles. The number of nitrogens with one attached hydrogen (secondary N) is 1. The molecule has 0 fully saturated rings. The van der Waals surface area contributed by atoms with E-state index in [0.717, 1.165) is 0 Å². The minimum atomic E-state index is -3.02. The first-order chi connectivity index (χ1) is 9.35. The van der Waals surface area contributed by atoms with Crippen molar-refractivity contribution in [3.05, 3.63) is 46.5 Å². The second-order valence-electron chi connectivity index (χ2n) is 4.89. The second-order valence-corrected chi connectivity index (χ2v) is 7.07. The Morgan fingerprint density at radius 3 is 2.85 bits per heavy atom. The van der Waals surface area contributed by atoms with E-state index in [4.69, 9.17) is 0 Å². The maximum Gasteiger partial charge on any atom is 0.258 e. The Morgan fingerprint density at radius 1 is 1.40 bits per heavy atom. The Morgan fingerprint density at radius 2 is 2.15 bits per heavy atom. The zero-order valence-electron chi connectivity index (χ0n) is 11.4. The fourth-order valence-electron chi connectivity index (χ4n) is 1.99. The van der Waals surface area contributed by atoms with E-state index in [-0.39, 0.29) is 17.4 Å². The first-order valence-electron chi connectivity index (χ1n) is 6.23. The van der Waals surface area contributed by atoms with Crippen molar-refractivity contribution < 1.29 is 8.42 Å². The first kappa shape index (κ1) is 14.7. The van der Waals surface area contributed by atoms with E-state index < -0.39 is 9.84 Å². The number of fused-ring (bicyclic) bond motifs is 1. The van der Waals surface area contributed by atoms with Gasteiger partial charge in [0, 0.05) is 31.1 Å². The number of hydrogen-bond donors (Lipinski definition) is 1. The van der Waals surface area contributed by atoms with Crippen LogP contribution >= 0.6 is 0 Å². The van der Waals surface area contributed by atoms with Crippen LogP contribution in [0.4, 0.5) is 0 Å². The van der Waals surface area contributed by atoms with Gasteiger partial charge in [-0.05, 0) is 19.1 Å². The lowest BCUT2D eigenvalue weighted by Gasteiger charge is -2.12. The summed E-state index contributed by atoms with van der Waals surface area (Å²) >= 11 is 0. The summed E-state index contributed by atoms with van der Waals surface area (Å²) in [5.74, 6) is 0.0551. The van der Waals surface area contributed by atoms with Crippen molar-refractivity contribution in [2.24, 2.45) is 0 Å². The molecule has 0 aromatic carbocycles. The quantitative estimate of drug-likeness (QED) is 0.853. The van der Waals surface area contributed by atoms with E-state index in [1.165, 1.54) is 16.7 Å². The summed E-state index contributed by atoms with van der Waals surface area (Å²) in [5.41, 5.74) is 1.03. The fourth-order valence-corrected chi connectivity index (χ4v) is 3.01. The smallest absolute Gasteiger partial charge is 0.258 e. The third-order valence-corrected chi connectivity index (χ3v) is 3.91. The van der Waals surface area contributed by atoms with Crippen LogP contribution < -0.4 is 10.9 Å². The van der Waals surface area contributed by atoms with Gasteiger partial charge in [-0.25, -0.2) is 13.4 Å². The van der Waals surface area contributed by atoms with Crippen LogP contribution in [0.5, 0.6) is 0 Å². The van der Waals surface area contributed by atoms with Crippen LogP contribution in [0.2, 0.25) is 0 Å². The normalized spacial score (nSPS) is 13.5. The highest BCUT2D eigenvalue weighted by atomic mass is 32.2. The van der Waals surface area contributed by atoms with Crippen LogP contribution in [-0.2, 0) is 16.4 Å². The molecule has 1 atom stereocenters. The van der Waals surface area contributed by atoms with Crippen molar-refractivity contribution in [2.45, 2.75) is 19.5 Å². The summed E-state index contributed by atoms with van der Waals surface area (Å²) < 4.78 is 23.8. The van der Waals surface area contributed by atoms with Crippen molar-refractivity contribution >= 4 is 15.5 Å². The molecule has 108 valence electrons. The van der Waals surface area contributed by atoms with Gasteiger partial charge in [0.2, 0.25) is 0 Å². The monoisotopic (exact) mass is 295 g/mol. The van der Waals surface area contributed by atoms with Crippen molar-refractivity contribution in [1.29, 1.82) is 0 Å². The summed E-state index contributed by atoms with van der Waals surface area (Å²) in [4.78, 5) is 16.2. The first-order valence-corrected chi connectivity index (χ1v) is 8.29. The van der Waals surface area contributed by atoms with Crippen molar-refractivity contribution in [2.75, 3.05) is 12.0 Å². The number of rotatable bonds is 5. The summed E-state index contributed by atoms with van der Waals surface area (Å²) in [6.07, 6.45) is 2.86. The van der Waals surface area contributed by atoms with Crippen LogP contribution in [0.25, 0.3) is 5.65 Å². The number of aromatic nitrogens is 2. The van der Waals surface area contributed by atoms with Gasteiger partial charge in [-0.1, -0.05) is 6.07 Å². The van der Waals surface area contributed by atoms with Crippen LogP contribution in [0, 0.1) is 0 Å². The molecule has 2 rings (SSSR count). The van der Waals surface area contributed by atoms with E-state index >= 15 is 0 Å². The molecule has 0 aliphatic rings. The molecule has 6 nitrogen and oxygen atoms in total. The lowest BCUT2D eigenvalue weighted by atomic mass is 10.3. The van der Waals surface area contributed by atoms with Gasteiger partial charge in [-0.2, -0.15) is 0 Å².